The second-order valence-corrected chi connectivity index (χ2v) is 6.29. The Morgan fingerprint density at radius 1 is 1.27 bits per heavy atom. The molecule has 0 unspecified atom stereocenters. The van der Waals surface area contributed by atoms with Gasteiger partial charge in [0.1, 0.15) is 11.4 Å². The Balaban J connectivity index is 2.01. The SMILES string of the molecule is CCCCN(C)C(=O)c1cc(C)nc(NCCc2ccccc2OC)n1. The molecule has 0 spiro atoms. The van der Waals surface area contributed by atoms with E-state index in [1.54, 1.807) is 18.1 Å². The minimum Gasteiger partial charge on any atom is -0.496 e. The number of carbonyl (C=O) groups is 1. The van der Waals surface area contributed by atoms with E-state index >= 15 is 0 Å². The molecule has 0 saturated heterocycles. The van der Waals surface area contributed by atoms with E-state index in [4.69, 9.17) is 4.74 Å². The first-order valence-electron chi connectivity index (χ1n) is 9.02. The molecule has 0 atom stereocenters. The number of nitrogens with one attached hydrogen (secondary N) is 1. The van der Waals surface area contributed by atoms with Crippen molar-refractivity contribution in [2.24, 2.45) is 0 Å². The summed E-state index contributed by atoms with van der Waals surface area (Å²) in [6.07, 6.45) is 2.81. The van der Waals surface area contributed by atoms with Gasteiger partial charge in [0.25, 0.3) is 5.91 Å². The maximum Gasteiger partial charge on any atom is 0.272 e. The van der Waals surface area contributed by atoms with Gasteiger partial charge in [0.2, 0.25) is 5.95 Å². The molecule has 140 valence electrons. The van der Waals surface area contributed by atoms with E-state index in [9.17, 15) is 4.79 Å². The highest BCUT2D eigenvalue weighted by Crippen LogP contribution is 2.17. The minimum absolute atomic E-state index is 0.0725. The predicted octanol–water partition coefficient (Wildman–Crippen LogP) is 3.32. The van der Waals surface area contributed by atoms with Crippen LogP contribution in [-0.2, 0) is 6.42 Å². The Hall–Kier alpha value is -2.63. The topological polar surface area (TPSA) is 67.4 Å². The molecule has 6 heteroatoms. The van der Waals surface area contributed by atoms with Gasteiger partial charge in [0.15, 0.2) is 0 Å². The van der Waals surface area contributed by atoms with Crippen LogP contribution in [0.15, 0.2) is 30.3 Å². The van der Waals surface area contributed by atoms with Gasteiger partial charge in [-0.15, -0.1) is 0 Å². The molecular weight excluding hydrogens is 328 g/mol. The third-order valence-electron chi connectivity index (χ3n) is 4.14. The summed E-state index contributed by atoms with van der Waals surface area (Å²) in [7, 11) is 3.48. The molecule has 1 aromatic carbocycles. The first-order chi connectivity index (χ1) is 12.5. The number of unbranched alkanes of at least 4 members (excludes halogenated alkanes) is 1. The highest BCUT2D eigenvalue weighted by atomic mass is 16.5. The molecule has 2 rings (SSSR count). The predicted molar refractivity (Wildman–Crippen MR) is 104 cm³/mol. The number of nitrogens with zero attached hydrogens (tertiary/aromatic N) is 3. The average Bonchev–Trinajstić information content (AvgIpc) is 2.65. The fourth-order valence-corrected chi connectivity index (χ4v) is 2.67. The van der Waals surface area contributed by atoms with E-state index in [0.29, 0.717) is 18.2 Å². The number of rotatable bonds is 9. The lowest BCUT2D eigenvalue weighted by molar-refractivity contribution is 0.0787. The molecule has 26 heavy (non-hydrogen) atoms. The molecule has 1 amide bonds. The lowest BCUT2D eigenvalue weighted by Gasteiger charge is -2.17. The summed E-state index contributed by atoms with van der Waals surface area (Å²) in [5.41, 5.74) is 2.31. The van der Waals surface area contributed by atoms with Crippen LogP contribution in [-0.4, -0.2) is 48.0 Å². The van der Waals surface area contributed by atoms with E-state index < -0.39 is 0 Å². The van der Waals surface area contributed by atoms with Gasteiger partial charge in [-0.05, 0) is 37.5 Å². The zero-order valence-electron chi connectivity index (χ0n) is 16.1. The summed E-state index contributed by atoms with van der Waals surface area (Å²) in [6, 6.07) is 9.66. The summed E-state index contributed by atoms with van der Waals surface area (Å²) in [6.45, 7) is 5.37. The third-order valence-corrected chi connectivity index (χ3v) is 4.14. The number of benzene rings is 1. The number of amides is 1. The molecule has 0 aliphatic heterocycles. The standard InChI is InChI=1S/C20H28N4O2/c1-5-6-13-24(3)19(25)17-14-15(2)22-20(23-17)21-12-11-16-9-7-8-10-18(16)26-4/h7-10,14H,5-6,11-13H2,1-4H3,(H,21,22,23). The maximum atomic E-state index is 12.5. The number of aromatic nitrogens is 2. The molecule has 2 aromatic rings. The van der Waals surface area contributed by atoms with Crippen molar-refractivity contribution < 1.29 is 9.53 Å². The van der Waals surface area contributed by atoms with Crippen LogP contribution in [0.1, 0.15) is 41.5 Å². The first kappa shape index (κ1) is 19.7. The van der Waals surface area contributed by atoms with Gasteiger partial charge in [-0.25, -0.2) is 9.97 Å². The molecule has 0 aliphatic carbocycles. The minimum atomic E-state index is -0.0725. The second-order valence-electron chi connectivity index (χ2n) is 6.29. The highest BCUT2D eigenvalue weighted by molar-refractivity contribution is 5.92. The van der Waals surface area contributed by atoms with Gasteiger partial charge in [-0.2, -0.15) is 0 Å². The maximum absolute atomic E-state index is 12.5. The third kappa shape index (κ3) is 5.44. The van der Waals surface area contributed by atoms with E-state index in [1.165, 1.54) is 0 Å². The van der Waals surface area contributed by atoms with Gasteiger partial charge >= 0.3 is 0 Å². The number of carbonyl (C=O) groups excluding carboxylic acids is 1. The van der Waals surface area contributed by atoms with Crippen molar-refractivity contribution in [1.82, 2.24) is 14.9 Å². The molecule has 1 N–H and O–H groups in total. The summed E-state index contributed by atoms with van der Waals surface area (Å²) >= 11 is 0. The molecule has 1 aromatic heterocycles. The van der Waals surface area contributed by atoms with Gasteiger partial charge in [0.05, 0.1) is 7.11 Å². The van der Waals surface area contributed by atoms with Crippen molar-refractivity contribution in [2.75, 3.05) is 32.6 Å². The van der Waals surface area contributed by atoms with Crippen LogP contribution in [0.25, 0.3) is 0 Å². The van der Waals surface area contributed by atoms with Crippen molar-refractivity contribution in [3.63, 3.8) is 0 Å². The zero-order chi connectivity index (χ0) is 18.9. The number of hydrogen-bond acceptors (Lipinski definition) is 5. The van der Waals surface area contributed by atoms with Crippen LogP contribution >= 0.6 is 0 Å². The lowest BCUT2D eigenvalue weighted by atomic mass is 10.1. The van der Waals surface area contributed by atoms with Crippen molar-refractivity contribution in [2.45, 2.75) is 33.1 Å². The number of methoxy groups -OCH3 is 1. The van der Waals surface area contributed by atoms with Crippen LogP contribution < -0.4 is 10.1 Å². The Morgan fingerprint density at radius 2 is 2.04 bits per heavy atom. The number of anilines is 1. The smallest absolute Gasteiger partial charge is 0.272 e. The van der Waals surface area contributed by atoms with E-state index in [-0.39, 0.29) is 5.91 Å². The zero-order valence-corrected chi connectivity index (χ0v) is 16.1. The van der Waals surface area contributed by atoms with Crippen LogP contribution in [0.4, 0.5) is 5.95 Å². The average molecular weight is 356 g/mol. The number of para-hydroxylation sites is 1. The van der Waals surface area contributed by atoms with Crippen LogP contribution in [0, 0.1) is 6.92 Å². The summed E-state index contributed by atoms with van der Waals surface area (Å²) < 4.78 is 5.37. The Morgan fingerprint density at radius 3 is 2.77 bits per heavy atom. The Bertz CT molecular complexity index is 734. The summed E-state index contributed by atoms with van der Waals surface area (Å²) in [4.78, 5) is 23.0. The summed E-state index contributed by atoms with van der Waals surface area (Å²) in [5.74, 6) is 1.27. The first-order valence-corrected chi connectivity index (χ1v) is 9.02. The number of aryl methyl sites for hydroxylation is 1. The van der Waals surface area contributed by atoms with Crippen molar-refractivity contribution in [3.05, 3.63) is 47.3 Å². The van der Waals surface area contributed by atoms with E-state index in [2.05, 4.69) is 22.2 Å². The molecule has 0 radical (unpaired) electrons. The van der Waals surface area contributed by atoms with Crippen molar-refractivity contribution in [1.29, 1.82) is 0 Å². The molecule has 1 heterocycles. The van der Waals surface area contributed by atoms with Crippen molar-refractivity contribution >= 4 is 11.9 Å². The normalized spacial score (nSPS) is 10.5. The van der Waals surface area contributed by atoms with E-state index in [1.807, 2.05) is 38.2 Å². The fourth-order valence-electron chi connectivity index (χ4n) is 2.67. The van der Waals surface area contributed by atoms with Crippen LogP contribution in [0.2, 0.25) is 0 Å². The van der Waals surface area contributed by atoms with Crippen LogP contribution in [0.3, 0.4) is 0 Å². The quantitative estimate of drug-likeness (QED) is 0.746. The monoisotopic (exact) mass is 356 g/mol. The van der Waals surface area contributed by atoms with Gasteiger partial charge in [0, 0.05) is 25.8 Å². The molecular formula is C20H28N4O2. The van der Waals surface area contributed by atoms with Gasteiger partial charge in [-0.1, -0.05) is 31.5 Å². The Labute approximate surface area is 155 Å². The Kier molecular flexibility index (Phi) is 7.38. The second kappa shape index (κ2) is 9.75. The molecule has 0 saturated carbocycles. The molecule has 0 bridgehead atoms. The largest absolute Gasteiger partial charge is 0.496 e. The number of ether oxygens (including phenoxy) is 1. The highest BCUT2D eigenvalue weighted by Gasteiger charge is 2.15. The lowest BCUT2D eigenvalue weighted by Crippen LogP contribution is -2.29. The summed E-state index contributed by atoms with van der Waals surface area (Å²) in [5, 5.41) is 3.21. The van der Waals surface area contributed by atoms with Crippen molar-refractivity contribution in [3.8, 4) is 5.75 Å². The van der Waals surface area contributed by atoms with Gasteiger partial charge < -0.3 is 15.0 Å². The van der Waals surface area contributed by atoms with Gasteiger partial charge in [-0.3, -0.25) is 4.79 Å². The molecule has 0 fully saturated rings. The molecule has 6 nitrogen and oxygen atoms in total. The number of hydrogen-bond donors (Lipinski definition) is 1. The van der Waals surface area contributed by atoms with Crippen LogP contribution in [0.5, 0.6) is 5.75 Å². The van der Waals surface area contributed by atoms with E-state index in [0.717, 1.165) is 42.8 Å². The fraction of sp³-hybridized carbons (Fsp3) is 0.450. The molecule has 0 aliphatic rings.